The fourth-order valence-electron chi connectivity index (χ4n) is 2.56. The first kappa shape index (κ1) is 13.0. The molecule has 0 bridgehead atoms. The molecule has 1 aliphatic carbocycles. The summed E-state index contributed by atoms with van der Waals surface area (Å²) in [5.74, 6) is -1.03. The predicted molar refractivity (Wildman–Crippen MR) is 67.1 cm³/mol. The Bertz CT molecular complexity index is 447. The topological polar surface area (TPSA) is 49.3 Å². The fraction of sp³-hybridized carbons (Fsp3) is 0.500. The summed E-state index contributed by atoms with van der Waals surface area (Å²) in [6.07, 6.45) is 2.94. The van der Waals surface area contributed by atoms with Gasteiger partial charge in [0.1, 0.15) is 11.9 Å². The lowest BCUT2D eigenvalue weighted by molar-refractivity contribution is -0.139. The third-order valence-corrected chi connectivity index (χ3v) is 3.41. The van der Waals surface area contributed by atoms with Gasteiger partial charge in [-0.25, -0.2) is 4.39 Å². The zero-order valence-corrected chi connectivity index (χ0v) is 10.4. The van der Waals surface area contributed by atoms with Gasteiger partial charge in [-0.1, -0.05) is 19.4 Å². The summed E-state index contributed by atoms with van der Waals surface area (Å²) < 4.78 is 13.1. The monoisotopic (exact) mass is 251 g/mol. The number of carbonyl (C=O) groups is 1. The first-order valence-electron chi connectivity index (χ1n) is 6.36. The van der Waals surface area contributed by atoms with Gasteiger partial charge >= 0.3 is 5.97 Å². The lowest BCUT2D eigenvalue weighted by Crippen LogP contribution is -2.43. The maximum atomic E-state index is 13.1. The molecule has 2 rings (SSSR count). The van der Waals surface area contributed by atoms with E-state index in [1.807, 2.05) is 6.92 Å². The minimum Gasteiger partial charge on any atom is -0.480 e. The van der Waals surface area contributed by atoms with Crippen LogP contribution in [-0.4, -0.2) is 23.2 Å². The minimum atomic E-state index is -0.806. The van der Waals surface area contributed by atoms with Gasteiger partial charge < -0.3 is 10.4 Å². The number of fused-ring (bicyclic) bond motifs is 1. The van der Waals surface area contributed by atoms with Crippen molar-refractivity contribution in [2.45, 2.75) is 44.7 Å². The molecule has 0 saturated heterocycles. The molecule has 18 heavy (non-hydrogen) atoms. The molecule has 0 aromatic heterocycles. The second-order valence-corrected chi connectivity index (χ2v) is 4.86. The van der Waals surface area contributed by atoms with E-state index >= 15 is 0 Å². The Kier molecular flexibility index (Phi) is 3.97. The Morgan fingerprint density at radius 1 is 1.50 bits per heavy atom. The van der Waals surface area contributed by atoms with Crippen LogP contribution in [0.15, 0.2) is 18.2 Å². The number of carboxylic acid groups (broad SMARTS) is 1. The van der Waals surface area contributed by atoms with Crippen molar-refractivity contribution in [2.75, 3.05) is 0 Å². The van der Waals surface area contributed by atoms with Gasteiger partial charge in [-0.15, -0.1) is 0 Å². The second-order valence-electron chi connectivity index (χ2n) is 4.86. The first-order chi connectivity index (χ1) is 8.60. The molecule has 2 unspecified atom stereocenters. The number of rotatable bonds is 5. The summed E-state index contributed by atoms with van der Waals surface area (Å²) in [7, 11) is 0. The third-order valence-electron chi connectivity index (χ3n) is 3.41. The summed E-state index contributed by atoms with van der Waals surface area (Å²) in [5.41, 5.74) is 2.11. The zero-order chi connectivity index (χ0) is 13.1. The number of hydrogen-bond acceptors (Lipinski definition) is 2. The van der Waals surface area contributed by atoms with Gasteiger partial charge in [0.25, 0.3) is 0 Å². The van der Waals surface area contributed by atoms with Gasteiger partial charge in [0.05, 0.1) is 0 Å². The summed E-state index contributed by atoms with van der Waals surface area (Å²) in [4.78, 5) is 11.1. The summed E-state index contributed by atoms with van der Waals surface area (Å²) in [6.45, 7) is 1.97. The molecule has 1 aromatic carbocycles. The van der Waals surface area contributed by atoms with Gasteiger partial charge in [-0.3, -0.25) is 4.79 Å². The number of carboxylic acids is 1. The maximum absolute atomic E-state index is 13.1. The van der Waals surface area contributed by atoms with Crippen molar-refractivity contribution >= 4 is 5.97 Å². The van der Waals surface area contributed by atoms with Crippen LogP contribution >= 0.6 is 0 Å². The van der Waals surface area contributed by atoms with Crippen molar-refractivity contribution in [3.8, 4) is 0 Å². The van der Waals surface area contributed by atoms with Crippen LogP contribution in [0.4, 0.5) is 4.39 Å². The molecule has 1 aromatic rings. The molecule has 2 N–H and O–H groups in total. The second kappa shape index (κ2) is 5.48. The highest BCUT2D eigenvalue weighted by atomic mass is 19.1. The Morgan fingerprint density at radius 3 is 2.89 bits per heavy atom. The number of aliphatic carboxylic acids is 1. The van der Waals surface area contributed by atoms with E-state index in [-0.39, 0.29) is 11.9 Å². The standard InChI is InChI=1S/C14H18FNO2/c1-2-3-13(14(17)18)16-12-7-9-4-5-11(15)6-10(9)8-12/h4-6,12-13,16H,2-3,7-8H2,1H3,(H,17,18). The summed E-state index contributed by atoms with van der Waals surface area (Å²) in [5, 5.41) is 12.3. The SMILES string of the molecule is CCCC(NC1Cc2ccc(F)cc2C1)C(=O)O. The van der Waals surface area contributed by atoms with Gasteiger partial charge in [0.2, 0.25) is 0 Å². The Hall–Kier alpha value is -1.42. The molecular weight excluding hydrogens is 233 g/mol. The van der Waals surface area contributed by atoms with Gasteiger partial charge in [0.15, 0.2) is 0 Å². The smallest absolute Gasteiger partial charge is 0.320 e. The van der Waals surface area contributed by atoms with Crippen molar-refractivity contribution in [3.63, 3.8) is 0 Å². The number of benzene rings is 1. The molecule has 4 heteroatoms. The molecule has 3 nitrogen and oxygen atoms in total. The Labute approximate surface area is 106 Å². The van der Waals surface area contributed by atoms with Gasteiger partial charge in [0, 0.05) is 6.04 Å². The molecule has 0 aliphatic heterocycles. The minimum absolute atomic E-state index is 0.106. The van der Waals surface area contributed by atoms with Crippen molar-refractivity contribution in [1.29, 1.82) is 0 Å². The highest BCUT2D eigenvalue weighted by molar-refractivity contribution is 5.73. The van der Waals surface area contributed by atoms with E-state index in [4.69, 9.17) is 5.11 Å². The molecule has 0 amide bonds. The third kappa shape index (κ3) is 2.88. The number of nitrogens with one attached hydrogen (secondary N) is 1. The molecule has 0 saturated carbocycles. The highest BCUT2D eigenvalue weighted by Crippen LogP contribution is 2.23. The van der Waals surface area contributed by atoms with E-state index < -0.39 is 12.0 Å². The predicted octanol–water partition coefficient (Wildman–Crippen LogP) is 2.14. The lowest BCUT2D eigenvalue weighted by Gasteiger charge is -2.18. The lowest BCUT2D eigenvalue weighted by atomic mass is 10.1. The molecule has 98 valence electrons. The van der Waals surface area contributed by atoms with Crippen LogP contribution in [0, 0.1) is 5.82 Å². The molecule has 2 atom stereocenters. The van der Waals surface area contributed by atoms with Crippen LogP contribution in [0.5, 0.6) is 0 Å². The highest BCUT2D eigenvalue weighted by Gasteiger charge is 2.26. The normalized spacial score (nSPS) is 19.6. The van der Waals surface area contributed by atoms with Crippen molar-refractivity contribution in [2.24, 2.45) is 0 Å². The van der Waals surface area contributed by atoms with Crippen LogP contribution in [0.2, 0.25) is 0 Å². The van der Waals surface area contributed by atoms with E-state index in [2.05, 4.69) is 5.32 Å². The Balaban J connectivity index is 2.00. The van der Waals surface area contributed by atoms with E-state index in [1.165, 1.54) is 6.07 Å². The molecule has 0 radical (unpaired) electrons. The average Bonchev–Trinajstić information content (AvgIpc) is 2.69. The van der Waals surface area contributed by atoms with Crippen molar-refractivity contribution < 1.29 is 14.3 Å². The first-order valence-corrected chi connectivity index (χ1v) is 6.36. The Morgan fingerprint density at radius 2 is 2.22 bits per heavy atom. The van der Waals surface area contributed by atoms with Gasteiger partial charge in [-0.2, -0.15) is 0 Å². The van der Waals surface area contributed by atoms with Crippen molar-refractivity contribution in [1.82, 2.24) is 5.32 Å². The summed E-state index contributed by atoms with van der Waals surface area (Å²) >= 11 is 0. The molecule has 1 aliphatic rings. The fourth-order valence-corrected chi connectivity index (χ4v) is 2.56. The van der Waals surface area contributed by atoms with E-state index in [1.54, 1.807) is 12.1 Å². The molecule has 0 spiro atoms. The van der Waals surface area contributed by atoms with Crippen LogP contribution < -0.4 is 5.32 Å². The largest absolute Gasteiger partial charge is 0.480 e. The maximum Gasteiger partial charge on any atom is 0.320 e. The molecule has 0 fully saturated rings. The summed E-state index contributed by atoms with van der Waals surface area (Å²) in [6, 6.07) is 4.41. The molecule has 0 heterocycles. The number of halogens is 1. The quantitative estimate of drug-likeness (QED) is 0.843. The average molecular weight is 251 g/mol. The van der Waals surface area contributed by atoms with Crippen LogP contribution in [0.25, 0.3) is 0 Å². The van der Waals surface area contributed by atoms with Crippen LogP contribution in [0.1, 0.15) is 30.9 Å². The number of hydrogen-bond donors (Lipinski definition) is 2. The van der Waals surface area contributed by atoms with E-state index in [0.29, 0.717) is 12.8 Å². The van der Waals surface area contributed by atoms with Gasteiger partial charge in [-0.05, 0) is 42.5 Å². The van der Waals surface area contributed by atoms with Crippen LogP contribution in [0.3, 0.4) is 0 Å². The molecular formula is C14H18FNO2. The van der Waals surface area contributed by atoms with Crippen LogP contribution in [-0.2, 0) is 17.6 Å². The van der Waals surface area contributed by atoms with Crippen molar-refractivity contribution in [3.05, 3.63) is 35.1 Å². The van der Waals surface area contributed by atoms with E-state index in [9.17, 15) is 9.18 Å². The van der Waals surface area contributed by atoms with E-state index in [0.717, 1.165) is 24.0 Å². The zero-order valence-electron chi connectivity index (χ0n) is 10.4.